The van der Waals surface area contributed by atoms with Crippen LogP contribution in [0.1, 0.15) is 30.2 Å². The molecule has 5 nitrogen and oxygen atoms in total. The van der Waals surface area contributed by atoms with Crippen molar-refractivity contribution in [1.82, 2.24) is 10.2 Å². The molecular weight excluding hydrogens is 251 g/mol. The zero-order chi connectivity index (χ0) is 13.7. The Bertz CT molecular complexity index is 569. The van der Waals surface area contributed by atoms with E-state index in [1.165, 1.54) is 12.1 Å². The normalized spacial score (nSPS) is 10.6. The van der Waals surface area contributed by atoms with Gasteiger partial charge in [0.25, 0.3) is 0 Å². The molecule has 6 heteroatoms. The Labute approximate surface area is 109 Å². The van der Waals surface area contributed by atoms with E-state index >= 15 is 0 Å². The van der Waals surface area contributed by atoms with Gasteiger partial charge in [0.05, 0.1) is 6.42 Å². The van der Waals surface area contributed by atoms with E-state index in [-0.39, 0.29) is 12.2 Å². The van der Waals surface area contributed by atoms with E-state index in [1.807, 2.05) is 0 Å². The molecule has 0 aliphatic rings. The molecule has 0 saturated heterocycles. The number of carboxylic acids is 1. The van der Waals surface area contributed by atoms with Crippen molar-refractivity contribution >= 4 is 5.97 Å². The fourth-order valence-electron chi connectivity index (χ4n) is 1.67. The molecule has 0 radical (unpaired) electrons. The molecule has 100 valence electrons. The molecule has 0 amide bonds. The second kappa shape index (κ2) is 6.08. The van der Waals surface area contributed by atoms with E-state index in [4.69, 9.17) is 9.52 Å². The van der Waals surface area contributed by atoms with Gasteiger partial charge in [0.2, 0.25) is 11.8 Å². The fourth-order valence-corrected chi connectivity index (χ4v) is 1.67. The lowest BCUT2D eigenvalue weighted by Gasteiger charge is -1.96. The van der Waals surface area contributed by atoms with Gasteiger partial charge in [-0.2, -0.15) is 0 Å². The molecule has 0 saturated carbocycles. The first kappa shape index (κ1) is 13.2. The highest BCUT2D eigenvalue weighted by Crippen LogP contribution is 2.11. The summed E-state index contributed by atoms with van der Waals surface area (Å²) >= 11 is 0. The standard InChI is InChI=1S/C13H13FN2O3/c14-10-4-1-3-9(7-10)8-12-16-15-11(19-12)5-2-6-13(17)18/h1,3-4,7H,2,5-6,8H2,(H,17,18). The van der Waals surface area contributed by atoms with Crippen LogP contribution in [0.2, 0.25) is 0 Å². The molecule has 1 heterocycles. The van der Waals surface area contributed by atoms with Crippen LogP contribution >= 0.6 is 0 Å². The molecule has 0 aliphatic carbocycles. The summed E-state index contributed by atoms with van der Waals surface area (Å²) in [6.45, 7) is 0. The Hall–Kier alpha value is -2.24. The van der Waals surface area contributed by atoms with Crippen molar-refractivity contribution in [3.63, 3.8) is 0 Å². The van der Waals surface area contributed by atoms with Gasteiger partial charge >= 0.3 is 5.97 Å². The monoisotopic (exact) mass is 264 g/mol. The number of hydrogen-bond donors (Lipinski definition) is 1. The van der Waals surface area contributed by atoms with E-state index < -0.39 is 5.97 Å². The number of nitrogens with zero attached hydrogens (tertiary/aromatic N) is 2. The first-order chi connectivity index (χ1) is 9.13. The molecular formula is C13H13FN2O3. The van der Waals surface area contributed by atoms with Gasteiger partial charge in [-0.15, -0.1) is 10.2 Å². The van der Waals surface area contributed by atoms with Gasteiger partial charge in [0.15, 0.2) is 0 Å². The maximum atomic E-state index is 13.0. The summed E-state index contributed by atoms with van der Waals surface area (Å²) in [5.41, 5.74) is 0.751. The van der Waals surface area contributed by atoms with Crippen LogP contribution in [0.3, 0.4) is 0 Å². The van der Waals surface area contributed by atoms with Gasteiger partial charge < -0.3 is 9.52 Å². The summed E-state index contributed by atoms with van der Waals surface area (Å²) in [7, 11) is 0. The van der Waals surface area contributed by atoms with Crippen LogP contribution in [0.15, 0.2) is 28.7 Å². The number of hydrogen-bond acceptors (Lipinski definition) is 4. The van der Waals surface area contributed by atoms with Crippen molar-refractivity contribution in [1.29, 1.82) is 0 Å². The van der Waals surface area contributed by atoms with Crippen molar-refractivity contribution in [3.05, 3.63) is 47.4 Å². The van der Waals surface area contributed by atoms with Crippen LogP contribution in [0.25, 0.3) is 0 Å². The van der Waals surface area contributed by atoms with Crippen molar-refractivity contribution in [2.45, 2.75) is 25.7 Å². The number of halogens is 1. The van der Waals surface area contributed by atoms with Crippen molar-refractivity contribution in [3.8, 4) is 0 Å². The van der Waals surface area contributed by atoms with Crippen LogP contribution in [0, 0.1) is 5.82 Å². The van der Waals surface area contributed by atoms with Crippen LogP contribution in [0.5, 0.6) is 0 Å². The van der Waals surface area contributed by atoms with Crippen LogP contribution in [-0.4, -0.2) is 21.3 Å². The molecule has 0 spiro atoms. The number of aliphatic carboxylic acids is 1. The third-order valence-electron chi connectivity index (χ3n) is 2.53. The van der Waals surface area contributed by atoms with E-state index in [0.717, 1.165) is 5.56 Å². The molecule has 0 atom stereocenters. The molecule has 0 aliphatic heterocycles. The van der Waals surface area contributed by atoms with Crippen molar-refractivity contribution < 1.29 is 18.7 Å². The number of aryl methyl sites for hydroxylation is 1. The lowest BCUT2D eigenvalue weighted by Crippen LogP contribution is -1.95. The first-order valence-corrected chi connectivity index (χ1v) is 5.91. The Kier molecular flexibility index (Phi) is 4.22. The Morgan fingerprint density at radius 3 is 2.84 bits per heavy atom. The van der Waals surface area contributed by atoms with E-state index in [1.54, 1.807) is 12.1 Å². The van der Waals surface area contributed by atoms with Gasteiger partial charge in [-0.25, -0.2) is 4.39 Å². The lowest BCUT2D eigenvalue weighted by atomic mass is 10.1. The average molecular weight is 264 g/mol. The molecule has 1 aromatic heterocycles. The van der Waals surface area contributed by atoms with Crippen LogP contribution in [0.4, 0.5) is 4.39 Å². The average Bonchev–Trinajstić information content (AvgIpc) is 2.76. The molecule has 2 rings (SSSR count). The Morgan fingerprint density at radius 1 is 1.32 bits per heavy atom. The van der Waals surface area contributed by atoms with Crippen LogP contribution < -0.4 is 0 Å². The lowest BCUT2D eigenvalue weighted by molar-refractivity contribution is -0.137. The van der Waals surface area contributed by atoms with Crippen LogP contribution in [-0.2, 0) is 17.6 Å². The first-order valence-electron chi connectivity index (χ1n) is 5.91. The SMILES string of the molecule is O=C(O)CCCc1nnc(Cc2cccc(F)c2)o1. The van der Waals surface area contributed by atoms with E-state index in [2.05, 4.69) is 10.2 Å². The quantitative estimate of drug-likeness (QED) is 0.865. The smallest absolute Gasteiger partial charge is 0.303 e. The summed E-state index contributed by atoms with van der Waals surface area (Å²) < 4.78 is 18.4. The maximum absolute atomic E-state index is 13.0. The topological polar surface area (TPSA) is 76.2 Å². The summed E-state index contributed by atoms with van der Waals surface area (Å²) in [6, 6.07) is 6.18. The number of carbonyl (C=O) groups is 1. The minimum absolute atomic E-state index is 0.0710. The van der Waals surface area contributed by atoms with Gasteiger partial charge in [0, 0.05) is 12.8 Å². The molecule has 2 aromatic rings. The maximum Gasteiger partial charge on any atom is 0.303 e. The van der Waals surface area contributed by atoms with Gasteiger partial charge in [-0.3, -0.25) is 4.79 Å². The van der Waals surface area contributed by atoms with Crippen molar-refractivity contribution in [2.75, 3.05) is 0 Å². The number of benzene rings is 1. The van der Waals surface area contributed by atoms with E-state index in [9.17, 15) is 9.18 Å². The number of carboxylic acid groups (broad SMARTS) is 1. The predicted molar refractivity (Wildman–Crippen MR) is 64.1 cm³/mol. The third-order valence-corrected chi connectivity index (χ3v) is 2.53. The van der Waals surface area contributed by atoms with Gasteiger partial charge in [-0.1, -0.05) is 12.1 Å². The summed E-state index contributed by atoms with van der Waals surface area (Å²) in [5, 5.41) is 16.2. The minimum atomic E-state index is -0.848. The van der Waals surface area contributed by atoms with E-state index in [0.29, 0.717) is 31.0 Å². The zero-order valence-corrected chi connectivity index (χ0v) is 10.2. The fraction of sp³-hybridized carbons (Fsp3) is 0.308. The zero-order valence-electron chi connectivity index (χ0n) is 10.2. The highest BCUT2D eigenvalue weighted by molar-refractivity contribution is 5.66. The molecule has 0 unspecified atom stereocenters. The predicted octanol–water partition coefficient (Wildman–Crippen LogP) is 2.21. The minimum Gasteiger partial charge on any atom is -0.481 e. The highest BCUT2D eigenvalue weighted by Gasteiger charge is 2.08. The summed E-state index contributed by atoms with van der Waals surface area (Å²) in [6.07, 6.45) is 1.32. The van der Waals surface area contributed by atoms with Crippen molar-refractivity contribution in [2.24, 2.45) is 0 Å². The molecule has 1 N–H and O–H groups in total. The molecule has 0 bridgehead atoms. The Balaban J connectivity index is 1.92. The molecule has 0 fully saturated rings. The Morgan fingerprint density at radius 2 is 2.11 bits per heavy atom. The highest BCUT2D eigenvalue weighted by atomic mass is 19.1. The second-order valence-corrected chi connectivity index (χ2v) is 4.14. The van der Waals surface area contributed by atoms with Gasteiger partial charge in [0.1, 0.15) is 5.82 Å². The summed E-state index contributed by atoms with van der Waals surface area (Å²) in [5.74, 6) is -0.346. The van der Waals surface area contributed by atoms with Gasteiger partial charge in [-0.05, 0) is 24.1 Å². The number of aromatic nitrogens is 2. The second-order valence-electron chi connectivity index (χ2n) is 4.14. The third kappa shape index (κ3) is 4.17. The largest absolute Gasteiger partial charge is 0.481 e. The molecule has 1 aromatic carbocycles. The number of rotatable bonds is 6. The summed E-state index contributed by atoms with van der Waals surface area (Å²) in [4.78, 5) is 10.4. The molecule has 19 heavy (non-hydrogen) atoms.